The standard InChI is InChI=1S/C18H15F3N2O3/c1-10-6-7-11(8-22-10)15-14(17(25)26)12-4-2-3-5-13(12)16(24)23(15)9-18(19,20)21/h2-8,14-15H,9H2,1H3,(H,25,26)/t14-,15-/m0/s1. The lowest BCUT2D eigenvalue weighted by atomic mass is 9.80. The maximum absolute atomic E-state index is 13.1. The third-order valence-electron chi connectivity index (χ3n) is 4.33. The summed E-state index contributed by atoms with van der Waals surface area (Å²) in [6.07, 6.45) is -3.35. The van der Waals surface area contributed by atoms with Crippen molar-refractivity contribution < 1.29 is 27.9 Å². The molecule has 8 heteroatoms. The Hall–Kier alpha value is -2.90. The highest BCUT2D eigenvalue weighted by atomic mass is 19.4. The minimum absolute atomic E-state index is 0.0273. The number of hydrogen-bond acceptors (Lipinski definition) is 3. The Morgan fingerprint density at radius 1 is 1.23 bits per heavy atom. The Morgan fingerprint density at radius 2 is 1.92 bits per heavy atom. The Kier molecular flexibility index (Phi) is 4.43. The predicted molar refractivity (Wildman–Crippen MR) is 85.6 cm³/mol. The molecule has 1 aromatic heterocycles. The smallest absolute Gasteiger partial charge is 0.406 e. The second kappa shape index (κ2) is 6.44. The van der Waals surface area contributed by atoms with Crippen LogP contribution in [0, 0.1) is 6.92 Å². The fourth-order valence-electron chi connectivity index (χ4n) is 3.25. The lowest BCUT2D eigenvalue weighted by Gasteiger charge is -2.40. The number of alkyl halides is 3. The van der Waals surface area contributed by atoms with Gasteiger partial charge in [0, 0.05) is 17.5 Å². The molecule has 26 heavy (non-hydrogen) atoms. The van der Waals surface area contributed by atoms with Crippen molar-refractivity contribution in [2.75, 3.05) is 6.54 Å². The van der Waals surface area contributed by atoms with Gasteiger partial charge in [-0.15, -0.1) is 0 Å². The summed E-state index contributed by atoms with van der Waals surface area (Å²) in [6, 6.07) is 7.65. The molecule has 1 aliphatic heterocycles. The van der Waals surface area contributed by atoms with Gasteiger partial charge in [-0.1, -0.05) is 24.3 Å². The predicted octanol–water partition coefficient (Wildman–Crippen LogP) is 3.32. The molecule has 0 saturated carbocycles. The van der Waals surface area contributed by atoms with Crippen LogP contribution in [0.5, 0.6) is 0 Å². The molecule has 2 atom stereocenters. The van der Waals surface area contributed by atoms with Gasteiger partial charge in [0.1, 0.15) is 12.5 Å². The van der Waals surface area contributed by atoms with Gasteiger partial charge in [0.05, 0.1) is 6.04 Å². The van der Waals surface area contributed by atoms with Crippen LogP contribution in [0.2, 0.25) is 0 Å². The van der Waals surface area contributed by atoms with Gasteiger partial charge in [-0.25, -0.2) is 0 Å². The fraction of sp³-hybridized carbons (Fsp3) is 0.278. The van der Waals surface area contributed by atoms with Crippen molar-refractivity contribution in [3.63, 3.8) is 0 Å². The number of pyridine rings is 1. The van der Waals surface area contributed by atoms with Crippen molar-refractivity contribution in [3.05, 3.63) is 65.0 Å². The first kappa shape index (κ1) is 17.9. The summed E-state index contributed by atoms with van der Waals surface area (Å²) in [5.41, 5.74) is 1.05. The number of fused-ring (bicyclic) bond motifs is 1. The summed E-state index contributed by atoms with van der Waals surface area (Å²) in [7, 11) is 0. The largest absolute Gasteiger partial charge is 0.481 e. The number of carbonyl (C=O) groups is 2. The van der Waals surface area contributed by atoms with Crippen LogP contribution >= 0.6 is 0 Å². The van der Waals surface area contributed by atoms with E-state index in [4.69, 9.17) is 0 Å². The first-order valence-electron chi connectivity index (χ1n) is 7.81. The molecule has 2 aromatic rings. The summed E-state index contributed by atoms with van der Waals surface area (Å²) < 4.78 is 39.3. The summed E-state index contributed by atoms with van der Waals surface area (Å²) in [4.78, 5) is 29.3. The molecule has 1 amide bonds. The fourth-order valence-corrected chi connectivity index (χ4v) is 3.25. The molecule has 5 nitrogen and oxygen atoms in total. The average Bonchev–Trinajstić information content (AvgIpc) is 2.56. The van der Waals surface area contributed by atoms with Gasteiger partial charge in [-0.3, -0.25) is 14.6 Å². The number of nitrogens with zero attached hydrogens (tertiary/aromatic N) is 2. The van der Waals surface area contributed by atoms with E-state index in [1.54, 1.807) is 19.1 Å². The highest BCUT2D eigenvalue weighted by Gasteiger charge is 2.47. The Bertz CT molecular complexity index is 850. The van der Waals surface area contributed by atoms with Crippen molar-refractivity contribution in [2.24, 2.45) is 0 Å². The Morgan fingerprint density at radius 3 is 2.50 bits per heavy atom. The topological polar surface area (TPSA) is 70.5 Å². The van der Waals surface area contributed by atoms with E-state index in [0.29, 0.717) is 10.6 Å². The Balaban J connectivity index is 2.21. The van der Waals surface area contributed by atoms with Crippen LogP contribution in [0.15, 0.2) is 42.6 Å². The lowest BCUT2D eigenvalue weighted by molar-refractivity contribution is -0.153. The van der Waals surface area contributed by atoms with Crippen LogP contribution in [0.25, 0.3) is 0 Å². The molecule has 0 radical (unpaired) electrons. The van der Waals surface area contributed by atoms with Gasteiger partial charge in [-0.2, -0.15) is 13.2 Å². The molecule has 0 fully saturated rings. The summed E-state index contributed by atoms with van der Waals surface area (Å²) in [5.74, 6) is -3.47. The average molecular weight is 364 g/mol. The van der Waals surface area contributed by atoms with Gasteiger partial charge in [0.25, 0.3) is 5.91 Å². The van der Waals surface area contributed by atoms with Crippen LogP contribution in [-0.2, 0) is 4.79 Å². The molecule has 0 unspecified atom stereocenters. The molecule has 0 aliphatic carbocycles. The van der Waals surface area contributed by atoms with Gasteiger partial charge < -0.3 is 10.0 Å². The van der Waals surface area contributed by atoms with Gasteiger partial charge in [0.15, 0.2) is 0 Å². The van der Waals surface area contributed by atoms with Crippen LogP contribution in [0.3, 0.4) is 0 Å². The van der Waals surface area contributed by atoms with Crippen molar-refractivity contribution >= 4 is 11.9 Å². The van der Waals surface area contributed by atoms with Gasteiger partial charge in [-0.05, 0) is 30.2 Å². The number of amides is 1. The van der Waals surface area contributed by atoms with Crippen LogP contribution < -0.4 is 0 Å². The minimum Gasteiger partial charge on any atom is -0.481 e. The second-order valence-corrected chi connectivity index (χ2v) is 6.13. The zero-order valence-corrected chi connectivity index (χ0v) is 13.7. The number of aliphatic carboxylic acids is 1. The van der Waals surface area contributed by atoms with Gasteiger partial charge >= 0.3 is 12.1 Å². The van der Waals surface area contributed by atoms with E-state index in [2.05, 4.69) is 4.98 Å². The number of carboxylic acids is 1. The summed E-state index contributed by atoms with van der Waals surface area (Å²) in [6.45, 7) is 0.162. The van der Waals surface area contributed by atoms with E-state index in [-0.39, 0.29) is 16.7 Å². The highest BCUT2D eigenvalue weighted by molar-refractivity contribution is 6.00. The molecule has 1 aromatic carbocycles. The first-order chi connectivity index (χ1) is 12.2. The van der Waals surface area contributed by atoms with Crippen molar-refractivity contribution in [1.29, 1.82) is 0 Å². The van der Waals surface area contributed by atoms with E-state index in [9.17, 15) is 27.9 Å². The molecule has 0 bridgehead atoms. The maximum atomic E-state index is 13.1. The number of halogens is 3. The number of rotatable bonds is 3. The van der Waals surface area contributed by atoms with E-state index in [1.165, 1.54) is 30.5 Å². The number of hydrogen-bond donors (Lipinski definition) is 1. The van der Waals surface area contributed by atoms with Crippen LogP contribution in [0.1, 0.15) is 39.1 Å². The zero-order chi connectivity index (χ0) is 19.1. The van der Waals surface area contributed by atoms with E-state index in [0.717, 1.165) is 0 Å². The number of aryl methyl sites for hydroxylation is 1. The van der Waals surface area contributed by atoms with Crippen molar-refractivity contribution in [1.82, 2.24) is 9.88 Å². The lowest BCUT2D eigenvalue weighted by Crippen LogP contribution is -2.48. The molecule has 2 heterocycles. The molecule has 3 rings (SSSR count). The van der Waals surface area contributed by atoms with Gasteiger partial charge in [0.2, 0.25) is 0 Å². The molecule has 0 saturated heterocycles. The molecular weight excluding hydrogens is 349 g/mol. The quantitative estimate of drug-likeness (QED) is 0.907. The minimum atomic E-state index is -4.67. The molecular formula is C18H15F3N2O3. The Labute approximate surface area is 147 Å². The monoisotopic (exact) mass is 364 g/mol. The number of benzene rings is 1. The van der Waals surface area contributed by atoms with E-state index < -0.39 is 36.6 Å². The number of carbonyl (C=O) groups excluding carboxylic acids is 1. The van der Waals surface area contributed by atoms with Crippen molar-refractivity contribution in [2.45, 2.75) is 25.1 Å². The summed E-state index contributed by atoms with van der Waals surface area (Å²) >= 11 is 0. The van der Waals surface area contributed by atoms with Crippen LogP contribution in [0.4, 0.5) is 13.2 Å². The van der Waals surface area contributed by atoms with E-state index in [1.807, 2.05) is 0 Å². The molecule has 1 N–H and O–H groups in total. The summed E-state index contributed by atoms with van der Waals surface area (Å²) in [5, 5.41) is 9.73. The normalized spacial score (nSPS) is 20.0. The third-order valence-corrected chi connectivity index (χ3v) is 4.33. The first-order valence-corrected chi connectivity index (χ1v) is 7.81. The molecule has 1 aliphatic rings. The van der Waals surface area contributed by atoms with Crippen molar-refractivity contribution in [3.8, 4) is 0 Å². The van der Waals surface area contributed by atoms with E-state index >= 15 is 0 Å². The highest BCUT2D eigenvalue weighted by Crippen LogP contribution is 2.43. The zero-order valence-electron chi connectivity index (χ0n) is 13.7. The number of carboxylic acid groups (broad SMARTS) is 1. The third kappa shape index (κ3) is 3.26. The maximum Gasteiger partial charge on any atom is 0.406 e. The SMILES string of the molecule is Cc1ccc([C@H]2[C@@H](C(=O)O)c3ccccc3C(=O)N2CC(F)(F)F)cn1. The van der Waals surface area contributed by atoms with Crippen LogP contribution in [-0.4, -0.2) is 39.6 Å². The number of aromatic nitrogens is 1. The molecule has 136 valence electrons. The molecule has 0 spiro atoms. The second-order valence-electron chi connectivity index (χ2n) is 6.13.